The minimum Gasteiger partial charge on any atom is -0.369 e. The Morgan fingerprint density at radius 1 is 0.967 bits per heavy atom. The molecule has 0 spiro atoms. The Morgan fingerprint density at radius 2 is 1.53 bits per heavy atom. The SMILES string of the molecule is CN1C(=O)/C(=C/c2ccc(N(c3ccccc3)c3ccccc3)s2)C(O)N(C)C1=S. The molecule has 2 aromatic carbocycles. The highest BCUT2D eigenvalue weighted by atomic mass is 32.1. The molecule has 0 radical (unpaired) electrons. The number of amides is 1. The van der Waals surface area contributed by atoms with E-state index in [0.717, 1.165) is 21.3 Å². The van der Waals surface area contributed by atoms with E-state index in [4.69, 9.17) is 12.2 Å². The van der Waals surface area contributed by atoms with Crippen LogP contribution in [0.25, 0.3) is 6.08 Å². The van der Waals surface area contributed by atoms with Gasteiger partial charge < -0.3 is 14.9 Å². The van der Waals surface area contributed by atoms with E-state index < -0.39 is 6.23 Å². The van der Waals surface area contributed by atoms with E-state index in [0.29, 0.717) is 10.7 Å². The predicted octanol–water partition coefficient (Wildman–Crippen LogP) is 4.61. The fourth-order valence-electron chi connectivity index (χ4n) is 3.33. The van der Waals surface area contributed by atoms with Gasteiger partial charge in [0.2, 0.25) is 0 Å². The van der Waals surface area contributed by atoms with Crippen LogP contribution in [0.15, 0.2) is 78.4 Å². The summed E-state index contributed by atoms with van der Waals surface area (Å²) >= 11 is 6.76. The zero-order chi connectivity index (χ0) is 21.3. The maximum absolute atomic E-state index is 12.7. The Bertz CT molecular complexity index is 1060. The van der Waals surface area contributed by atoms with Crippen LogP contribution in [0.2, 0.25) is 0 Å². The lowest BCUT2D eigenvalue weighted by molar-refractivity contribution is -0.126. The molecule has 1 aliphatic rings. The number of carbonyl (C=O) groups is 1. The Labute approximate surface area is 185 Å². The summed E-state index contributed by atoms with van der Waals surface area (Å²) in [6, 6.07) is 24.2. The fourth-order valence-corrected chi connectivity index (χ4v) is 4.51. The minimum absolute atomic E-state index is 0.288. The molecule has 1 fully saturated rings. The highest BCUT2D eigenvalue weighted by Gasteiger charge is 2.35. The average molecular weight is 436 g/mol. The van der Waals surface area contributed by atoms with Gasteiger partial charge in [-0.2, -0.15) is 0 Å². The van der Waals surface area contributed by atoms with Crippen molar-refractivity contribution < 1.29 is 9.90 Å². The topological polar surface area (TPSA) is 47.0 Å². The molecule has 30 heavy (non-hydrogen) atoms. The van der Waals surface area contributed by atoms with Gasteiger partial charge in [-0.05, 0) is 54.7 Å². The van der Waals surface area contributed by atoms with Gasteiger partial charge in [-0.25, -0.2) is 0 Å². The lowest BCUT2D eigenvalue weighted by atomic mass is 10.1. The molecule has 0 bridgehead atoms. The third-order valence-electron chi connectivity index (χ3n) is 4.94. The van der Waals surface area contributed by atoms with Crippen LogP contribution in [-0.2, 0) is 4.79 Å². The van der Waals surface area contributed by atoms with Gasteiger partial charge in [-0.15, -0.1) is 11.3 Å². The van der Waals surface area contributed by atoms with Crippen LogP contribution in [0.3, 0.4) is 0 Å². The number of anilines is 3. The van der Waals surface area contributed by atoms with Gasteiger partial charge in [0, 0.05) is 30.3 Å². The molecule has 7 heteroatoms. The Morgan fingerprint density at radius 3 is 2.10 bits per heavy atom. The van der Waals surface area contributed by atoms with Crippen LogP contribution >= 0.6 is 23.6 Å². The van der Waals surface area contributed by atoms with Crippen molar-refractivity contribution in [3.8, 4) is 0 Å². The lowest BCUT2D eigenvalue weighted by Crippen LogP contribution is -2.55. The first-order valence-corrected chi connectivity index (χ1v) is 10.6. The van der Waals surface area contributed by atoms with Gasteiger partial charge in [0.1, 0.15) is 5.00 Å². The lowest BCUT2D eigenvalue weighted by Gasteiger charge is -2.37. The number of hydrogen-bond donors (Lipinski definition) is 1. The Kier molecular flexibility index (Phi) is 5.67. The number of aliphatic hydroxyl groups excluding tert-OH is 1. The molecule has 1 unspecified atom stereocenters. The average Bonchev–Trinajstić information content (AvgIpc) is 3.24. The first kappa shape index (κ1) is 20.3. The standard InChI is InChI=1S/C23H21N3O2S2/c1-24-21(27)19(22(28)25(2)23(24)29)15-18-13-14-20(30-18)26(16-9-5-3-6-10-16)17-11-7-4-8-12-17/h3-15,21,27H,1-2H3/b19-15+. The number of thiophene rings is 1. The summed E-state index contributed by atoms with van der Waals surface area (Å²) in [5.41, 5.74) is 2.39. The zero-order valence-electron chi connectivity index (χ0n) is 16.6. The van der Waals surface area contributed by atoms with Gasteiger partial charge >= 0.3 is 0 Å². The molecule has 1 amide bonds. The molecule has 3 aromatic rings. The van der Waals surface area contributed by atoms with Crippen molar-refractivity contribution in [2.45, 2.75) is 6.23 Å². The van der Waals surface area contributed by atoms with E-state index in [-0.39, 0.29) is 5.91 Å². The summed E-state index contributed by atoms with van der Waals surface area (Å²) < 4.78 is 0. The maximum atomic E-state index is 12.7. The molecule has 4 rings (SSSR count). The molecule has 1 aromatic heterocycles. The summed E-state index contributed by atoms with van der Waals surface area (Å²) in [5.74, 6) is -0.288. The Hall–Kier alpha value is -3.00. The minimum atomic E-state index is -1.06. The van der Waals surface area contributed by atoms with Crippen LogP contribution in [-0.4, -0.2) is 46.2 Å². The third-order valence-corrected chi connectivity index (χ3v) is 6.52. The zero-order valence-corrected chi connectivity index (χ0v) is 18.2. The van der Waals surface area contributed by atoms with Gasteiger partial charge in [0.15, 0.2) is 11.3 Å². The van der Waals surface area contributed by atoms with Gasteiger partial charge in [-0.1, -0.05) is 36.4 Å². The van der Waals surface area contributed by atoms with Gasteiger partial charge in [0.25, 0.3) is 5.91 Å². The van der Waals surface area contributed by atoms with Crippen molar-refractivity contribution in [1.29, 1.82) is 0 Å². The number of aliphatic hydroxyl groups is 1. The van der Waals surface area contributed by atoms with Crippen molar-refractivity contribution in [1.82, 2.24) is 9.80 Å². The Balaban J connectivity index is 1.72. The normalized spacial score (nSPS) is 18.2. The second-order valence-electron chi connectivity index (χ2n) is 6.91. The largest absolute Gasteiger partial charge is 0.369 e. The van der Waals surface area contributed by atoms with Crippen molar-refractivity contribution in [2.75, 3.05) is 19.0 Å². The van der Waals surface area contributed by atoms with Crippen LogP contribution in [0.1, 0.15) is 4.88 Å². The summed E-state index contributed by atoms with van der Waals surface area (Å²) in [6.07, 6.45) is 0.676. The first-order valence-electron chi connectivity index (χ1n) is 9.42. The quantitative estimate of drug-likeness (QED) is 0.479. The van der Waals surface area contributed by atoms with Gasteiger partial charge in [0.05, 0.1) is 5.57 Å². The van der Waals surface area contributed by atoms with Gasteiger partial charge in [-0.3, -0.25) is 9.69 Å². The van der Waals surface area contributed by atoms with E-state index in [1.54, 1.807) is 31.5 Å². The smallest absolute Gasteiger partial charge is 0.260 e. The summed E-state index contributed by atoms with van der Waals surface area (Å²) in [5, 5.41) is 11.9. The molecule has 1 aliphatic heterocycles. The third kappa shape index (κ3) is 3.75. The van der Waals surface area contributed by atoms with Crippen molar-refractivity contribution in [3.05, 3.63) is 83.2 Å². The molecule has 152 valence electrons. The number of nitrogens with zero attached hydrogens (tertiary/aromatic N) is 3. The second kappa shape index (κ2) is 8.39. The molecular weight excluding hydrogens is 414 g/mol. The number of benzene rings is 2. The van der Waals surface area contributed by atoms with Crippen molar-refractivity contribution >= 4 is 57.0 Å². The monoisotopic (exact) mass is 435 g/mol. The van der Waals surface area contributed by atoms with Crippen molar-refractivity contribution in [3.63, 3.8) is 0 Å². The summed E-state index contributed by atoms with van der Waals surface area (Å²) in [7, 11) is 3.30. The first-order chi connectivity index (χ1) is 14.5. The van der Waals surface area contributed by atoms with Crippen LogP contribution < -0.4 is 4.90 Å². The fraction of sp³-hybridized carbons (Fsp3) is 0.130. The van der Waals surface area contributed by atoms with E-state index >= 15 is 0 Å². The van der Waals surface area contributed by atoms with E-state index in [1.807, 2.05) is 48.5 Å². The molecule has 1 atom stereocenters. The summed E-state index contributed by atoms with van der Waals surface area (Å²) in [6.45, 7) is 0. The van der Waals surface area contributed by atoms with Crippen molar-refractivity contribution in [2.24, 2.45) is 0 Å². The number of para-hydroxylation sites is 2. The van der Waals surface area contributed by atoms with E-state index in [1.165, 1.54) is 9.80 Å². The molecule has 2 heterocycles. The molecule has 1 saturated heterocycles. The van der Waals surface area contributed by atoms with E-state index in [9.17, 15) is 9.90 Å². The van der Waals surface area contributed by atoms with Crippen LogP contribution in [0.5, 0.6) is 0 Å². The summed E-state index contributed by atoms with van der Waals surface area (Å²) in [4.78, 5) is 18.6. The number of thiocarbonyl (C=S) groups is 1. The molecule has 0 saturated carbocycles. The second-order valence-corrected chi connectivity index (χ2v) is 8.37. The molecular formula is C23H21N3O2S2. The number of hydrogen-bond acceptors (Lipinski definition) is 5. The number of likely N-dealkylation sites (N-methyl/N-ethyl adjacent to an activating group) is 2. The van der Waals surface area contributed by atoms with Crippen LogP contribution in [0, 0.1) is 0 Å². The predicted molar refractivity (Wildman–Crippen MR) is 126 cm³/mol. The molecule has 5 nitrogen and oxygen atoms in total. The molecule has 1 N–H and O–H groups in total. The molecule has 0 aliphatic carbocycles. The van der Waals surface area contributed by atoms with E-state index in [2.05, 4.69) is 29.2 Å². The van der Waals surface area contributed by atoms with Crippen LogP contribution in [0.4, 0.5) is 16.4 Å². The highest BCUT2D eigenvalue weighted by Crippen LogP contribution is 2.39. The number of carbonyl (C=O) groups excluding carboxylic acids is 1. The maximum Gasteiger partial charge on any atom is 0.260 e. The number of rotatable bonds is 4. The highest BCUT2D eigenvalue weighted by molar-refractivity contribution is 7.80.